The van der Waals surface area contributed by atoms with Gasteiger partial charge in [-0.25, -0.2) is 0 Å². The Hall–Kier alpha value is -4.75. The van der Waals surface area contributed by atoms with Gasteiger partial charge in [0.2, 0.25) is 0 Å². The van der Waals surface area contributed by atoms with Crippen molar-refractivity contribution < 1.29 is 0 Å². The van der Waals surface area contributed by atoms with E-state index >= 15 is 0 Å². The molecule has 1 nitrogen and oxygen atoms in total. The number of hydrogen-bond acceptors (Lipinski definition) is 1. The summed E-state index contributed by atoms with van der Waals surface area (Å²) in [5, 5.41) is 7.60. The Kier molecular flexibility index (Phi) is 5.08. The number of aryl methyl sites for hydroxylation is 1. The zero-order chi connectivity index (χ0) is 24.8. The fourth-order valence-corrected chi connectivity index (χ4v) is 5.66. The average Bonchev–Trinajstić information content (AvgIpc) is 2.95. The lowest BCUT2D eigenvalue weighted by Crippen LogP contribution is -1.91. The average molecular weight is 472 g/mol. The zero-order valence-electron chi connectivity index (χ0n) is 20.6. The van der Waals surface area contributed by atoms with Gasteiger partial charge in [0.1, 0.15) is 0 Å². The fourth-order valence-electron chi connectivity index (χ4n) is 5.66. The Morgan fingerprint density at radius 2 is 0.919 bits per heavy atom. The molecule has 174 valence electrons. The van der Waals surface area contributed by atoms with Crippen molar-refractivity contribution >= 4 is 32.3 Å². The summed E-state index contributed by atoms with van der Waals surface area (Å²) >= 11 is 0. The third-order valence-electron chi connectivity index (χ3n) is 7.35. The maximum absolute atomic E-state index is 4.37. The van der Waals surface area contributed by atoms with Crippen molar-refractivity contribution in [3.05, 3.63) is 139 Å². The summed E-state index contributed by atoms with van der Waals surface area (Å²) in [5.74, 6) is 0. The molecule has 0 atom stereocenters. The van der Waals surface area contributed by atoms with Gasteiger partial charge in [0.05, 0.1) is 0 Å². The molecule has 1 aromatic heterocycles. The Morgan fingerprint density at radius 3 is 1.54 bits per heavy atom. The SMILES string of the molecule is Cc1cc(-c2ccc3ccc(-c4c5ccccc5c(-c5ccccc5)c5ccccc45)cc3c2)ccn1. The van der Waals surface area contributed by atoms with Crippen LogP contribution < -0.4 is 0 Å². The molecule has 0 saturated heterocycles. The number of nitrogens with zero attached hydrogens (tertiary/aromatic N) is 1. The normalized spacial score (nSPS) is 11.4. The molecule has 0 N–H and O–H groups in total. The summed E-state index contributed by atoms with van der Waals surface area (Å²) in [6, 6.07) is 46.3. The maximum Gasteiger partial charge on any atom is 0.0378 e. The lowest BCUT2D eigenvalue weighted by atomic mass is 9.85. The molecule has 0 unspecified atom stereocenters. The number of pyridine rings is 1. The number of benzene rings is 6. The van der Waals surface area contributed by atoms with Crippen LogP contribution in [0.15, 0.2) is 134 Å². The highest BCUT2D eigenvalue weighted by Gasteiger charge is 2.16. The molecule has 0 radical (unpaired) electrons. The van der Waals surface area contributed by atoms with Crippen molar-refractivity contribution in [2.24, 2.45) is 0 Å². The van der Waals surface area contributed by atoms with Crippen molar-refractivity contribution in [3.8, 4) is 33.4 Å². The van der Waals surface area contributed by atoms with Gasteiger partial charge in [-0.1, -0.05) is 103 Å². The van der Waals surface area contributed by atoms with Crippen molar-refractivity contribution in [3.63, 3.8) is 0 Å². The standard InChI is InChI=1S/C36H25N/c1-24-21-28(19-20-37-24)27-17-15-25-16-18-29(23-30(25)22-27)36-33-13-7-5-11-31(33)35(26-9-3-2-4-10-26)32-12-6-8-14-34(32)36/h2-23H,1H3. The number of fused-ring (bicyclic) bond motifs is 3. The lowest BCUT2D eigenvalue weighted by molar-refractivity contribution is 1.20. The second kappa shape index (κ2) is 8.72. The molecule has 0 aliphatic rings. The molecule has 0 fully saturated rings. The first-order valence-corrected chi connectivity index (χ1v) is 12.7. The molecule has 1 heteroatoms. The quantitative estimate of drug-likeness (QED) is 0.234. The van der Waals surface area contributed by atoms with Gasteiger partial charge in [-0.15, -0.1) is 0 Å². The molecule has 37 heavy (non-hydrogen) atoms. The van der Waals surface area contributed by atoms with Crippen molar-refractivity contribution in [1.29, 1.82) is 0 Å². The van der Waals surface area contributed by atoms with Crippen LogP contribution >= 0.6 is 0 Å². The van der Waals surface area contributed by atoms with Crippen molar-refractivity contribution in [2.75, 3.05) is 0 Å². The van der Waals surface area contributed by atoms with Crippen molar-refractivity contribution in [2.45, 2.75) is 6.92 Å². The lowest BCUT2D eigenvalue weighted by Gasteiger charge is -2.18. The summed E-state index contributed by atoms with van der Waals surface area (Å²) in [4.78, 5) is 4.37. The van der Waals surface area contributed by atoms with Gasteiger partial charge >= 0.3 is 0 Å². The van der Waals surface area contributed by atoms with Crippen LogP contribution in [0.3, 0.4) is 0 Å². The fraction of sp³-hybridized carbons (Fsp3) is 0.0278. The second-order valence-corrected chi connectivity index (χ2v) is 9.67. The topological polar surface area (TPSA) is 12.9 Å². The highest BCUT2D eigenvalue weighted by molar-refractivity contribution is 6.21. The van der Waals surface area contributed by atoms with Crippen LogP contribution in [0.25, 0.3) is 65.7 Å². The molecule has 7 aromatic rings. The van der Waals surface area contributed by atoms with E-state index in [1.54, 1.807) is 0 Å². The van der Waals surface area contributed by atoms with Crippen molar-refractivity contribution in [1.82, 2.24) is 4.98 Å². The monoisotopic (exact) mass is 471 g/mol. The third kappa shape index (κ3) is 3.68. The summed E-state index contributed by atoms with van der Waals surface area (Å²) in [6.45, 7) is 2.04. The summed E-state index contributed by atoms with van der Waals surface area (Å²) in [5.41, 5.74) is 8.51. The first-order chi connectivity index (χ1) is 18.3. The Labute approximate surface area is 216 Å². The molecular formula is C36H25N. The van der Waals surface area contributed by atoms with Gasteiger partial charge in [-0.3, -0.25) is 4.98 Å². The van der Waals surface area contributed by atoms with Crippen LogP contribution in [-0.2, 0) is 0 Å². The van der Waals surface area contributed by atoms with E-state index in [2.05, 4.69) is 132 Å². The summed E-state index contributed by atoms with van der Waals surface area (Å²) in [6.07, 6.45) is 1.89. The maximum atomic E-state index is 4.37. The highest BCUT2D eigenvalue weighted by Crippen LogP contribution is 2.44. The first kappa shape index (κ1) is 21.5. The molecule has 6 aromatic carbocycles. The van der Waals surface area contributed by atoms with E-state index in [1.165, 1.54) is 65.7 Å². The molecule has 0 aliphatic carbocycles. The van der Waals surface area contributed by atoms with Gasteiger partial charge in [-0.2, -0.15) is 0 Å². The van der Waals surface area contributed by atoms with Crippen LogP contribution in [0.4, 0.5) is 0 Å². The summed E-state index contributed by atoms with van der Waals surface area (Å²) in [7, 11) is 0. The molecule has 7 rings (SSSR count). The predicted molar refractivity (Wildman–Crippen MR) is 158 cm³/mol. The molecule has 0 saturated carbocycles. The first-order valence-electron chi connectivity index (χ1n) is 12.7. The van der Waals surface area contributed by atoms with Gasteiger partial charge in [0.25, 0.3) is 0 Å². The minimum atomic E-state index is 1.03. The zero-order valence-corrected chi connectivity index (χ0v) is 20.6. The second-order valence-electron chi connectivity index (χ2n) is 9.67. The Balaban J connectivity index is 1.52. The van der Waals surface area contributed by atoms with E-state index < -0.39 is 0 Å². The van der Waals surface area contributed by atoms with E-state index in [0.29, 0.717) is 0 Å². The molecular weight excluding hydrogens is 446 g/mol. The van der Waals surface area contributed by atoms with E-state index in [4.69, 9.17) is 0 Å². The number of rotatable bonds is 3. The van der Waals surface area contributed by atoms with E-state index in [-0.39, 0.29) is 0 Å². The highest BCUT2D eigenvalue weighted by atomic mass is 14.6. The van der Waals surface area contributed by atoms with E-state index in [9.17, 15) is 0 Å². The van der Waals surface area contributed by atoms with Crippen LogP contribution in [0, 0.1) is 6.92 Å². The molecule has 0 aliphatic heterocycles. The van der Waals surface area contributed by atoms with Crippen LogP contribution in [0.2, 0.25) is 0 Å². The molecule has 0 amide bonds. The number of hydrogen-bond donors (Lipinski definition) is 0. The number of aromatic nitrogens is 1. The van der Waals surface area contributed by atoms with Gasteiger partial charge in [-0.05, 0) is 96.9 Å². The van der Waals surface area contributed by atoms with Crippen LogP contribution in [0.1, 0.15) is 5.69 Å². The van der Waals surface area contributed by atoms with Gasteiger partial charge < -0.3 is 0 Å². The Morgan fingerprint density at radius 1 is 0.405 bits per heavy atom. The Bertz CT molecular complexity index is 1880. The van der Waals surface area contributed by atoms with Crippen LogP contribution in [-0.4, -0.2) is 4.98 Å². The minimum Gasteiger partial charge on any atom is -0.262 e. The molecule has 0 bridgehead atoms. The minimum absolute atomic E-state index is 1.03. The molecule has 1 heterocycles. The van der Waals surface area contributed by atoms with E-state index in [1.807, 2.05) is 13.1 Å². The molecule has 0 spiro atoms. The van der Waals surface area contributed by atoms with Crippen LogP contribution in [0.5, 0.6) is 0 Å². The van der Waals surface area contributed by atoms with Gasteiger partial charge in [0, 0.05) is 11.9 Å². The summed E-state index contributed by atoms with van der Waals surface area (Å²) < 4.78 is 0. The van der Waals surface area contributed by atoms with E-state index in [0.717, 1.165) is 5.69 Å². The third-order valence-corrected chi connectivity index (χ3v) is 7.35. The smallest absolute Gasteiger partial charge is 0.0378 e. The predicted octanol–water partition coefficient (Wildman–Crippen LogP) is 9.85. The largest absolute Gasteiger partial charge is 0.262 e. The van der Waals surface area contributed by atoms with Gasteiger partial charge in [0.15, 0.2) is 0 Å².